The maximum absolute atomic E-state index is 11.6. The fourth-order valence-electron chi connectivity index (χ4n) is 1.43. The quantitative estimate of drug-likeness (QED) is 0.877. The fraction of sp³-hybridized carbons (Fsp3) is 0.0769. The van der Waals surface area contributed by atoms with E-state index >= 15 is 0 Å². The standard InChI is InChI=1S/C13H10BrN3O4/c14-9-6-15-12(16-10(9)11(18)19)17-13(20)21-7-8-4-2-1-3-5-8/h1-6H,7H2,(H,18,19)(H,15,16,17,20). The van der Waals surface area contributed by atoms with Crippen molar-refractivity contribution in [2.24, 2.45) is 0 Å². The lowest BCUT2D eigenvalue weighted by Gasteiger charge is -2.06. The Balaban J connectivity index is 1.97. The highest BCUT2D eigenvalue weighted by Gasteiger charge is 2.14. The van der Waals surface area contributed by atoms with Crippen LogP contribution >= 0.6 is 15.9 Å². The van der Waals surface area contributed by atoms with E-state index < -0.39 is 12.1 Å². The Labute approximate surface area is 128 Å². The Morgan fingerprint density at radius 2 is 2.00 bits per heavy atom. The van der Waals surface area contributed by atoms with Crippen LogP contribution in [0.3, 0.4) is 0 Å². The van der Waals surface area contributed by atoms with Gasteiger partial charge in [-0.05, 0) is 21.5 Å². The first-order chi connectivity index (χ1) is 10.1. The molecule has 108 valence electrons. The Bertz CT molecular complexity index is 664. The van der Waals surface area contributed by atoms with Gasteiger partial charge in [-0.15, -0.1) is 0 Å². The number of aromatic nitrogens is 2. The van der Waals surface area contributed by atoms with E-state index in [0.717, 1.165) is 5.56 Å². The number of ether oxygens (including phenoxy) is 1. The zero-order valence-corrected chi connectivity index (χ0v) is 12.2. The first-order valence-electron chi connectivity index (χ1n) is 5.80. The number of nitrogens with zero attached hydrogens (tertiary/aromatic N) is 2. The number of anilines is 1. The van der Waals surface area contributed by atoms with Crippen LogP contribution in [0.2, 0.25) is 0 Å². The first-order valence-corrected chi connectivity index (χ1v) is 6.59. The van der Waals surface area contributed by atoms with Gasteiger partial charge in [-0.1, -0.05) is 30.3 Å². The van der Waals surface area contributed by atoms with Gasteiger partial charge in [0.2, 0.25) is 5.95 Å². The second-order valence-corrected chi connectivity index (χ2v) is 4.74. The van der Waals surface area contributed by atoms with Gasteiger partial charge in [0.15, 0.2) is 5.69 Å². The summed E-state index contributed by atoms with van der Waals surface area (Å²) in [4.78, 5) is 30.0. The second-order valence-electron chi connectivity index (χ2n) is 3.88. The molecule has 1 amide bonds. The summed E-state index contributed by atoms with van der Waals surface area (Å²) in [6.45, 7) is 0.0923. The van der Waals surface area contributed by atoms with Gasteiger partial charge in [0.05, 0.1) is 4.47 Å². The molecule has 7 nitrogen and oxygen atoms in total. The molecule has 2 rings (SSSR count). The molecule has 1 heterocycles. The van der Waals surface area contributed by atoms with Crippen LogP contribution in [0.15, 0.2) is 41.0 Å². The molecule has 0 aliphatic carbocycles. The maximum Gasteiger partial charge on any atom is 0.414 e. The molecule has 0 radical (unpaired) electrons. The molecule has 2 N–H and O–H groups in total. The number of carboxylic acids is 1. The van der Waals surface area contributed by atoms with Crippen LogP contribution in [0.5, 0.6) is 0 Å². The minimum atomic E-state index is -1.23. The lowest BCUT2D eigenvalue weighted by molar-refractivity contribution is 0.0689. The molecule has 0 atom stereocenters. The molecule has 0 bridgehead atoms. The van der Waals surface area contributed by atoms with Crippen molar-refractivity contribution in [3.05, 3.63) is 52.3 Å². The number of hydrogen-bond donors (Lipinski definition) is 2. The summed E-state index contributed by atoms with van der Waals surface area (Å²) in [5.74, 6) is -1.38. The van der Waals surface area contributed by atoms with Crippen LogP contribution in [-0.2, 0) is 11.3 Å². The molecule has 0 saturated carbocycles. The molecule has 2 aromatic rings. The van der Waals surface area contributed by atoms with Crippen molar-refractivity contribution in [2.45, 2.75) is 6.61 Å². The maximum atomic E-state index is 11.6. The molecule has 0 aliphatic rings. The Hall–Kier alpha value is -2.48. The number of aromatic carboxylic acids is 1. The minimum Gasteiger partial charge on any atom is -0.476 e. The largest absolute Gasteiger partial charge is 0.476 e. The SMILES string of the molecule is O=C(Nc1ncc(Br)c(C(=O)O)n1)OCc1ccccc1. The third-order valence-corrected chi connectivity index (χ3v) is 2.95. The van der Waals surface area contributed by atoms with Crippen LogP contribution in [0.4, 0.5) is 10.7 Å². The number of nitrogens with one attached hydrogen (secondary N) is 1. The molecule has 0 fully saturated rings. The van der Waals surface area contributed by atoms with Crippen molar-refractivity contribution in [2.75, 3.05) is 5.32 Å². The summed E-state index contributed by atoms with van der Waals surface area (Å²) in [6, 6.07) is 9.13. The van der Waals surface area contributed by atoms with Gasteiger partial charge in [0.25, 0.3) is 0 Å². The van der Waals surface area contributed by atoms with Gasteiger partial charge < -0.3 is 9.84 Å². The molecule has 8 heteroatoms. The molecule has 21 heavy (non-hydrogen) atoms. The van der Waals surface area contributed by atoms with Crippen molar-refractivity contribution in [3.63, 3.8) is 0 Å². The van der Waals surface area contributed by atoms with Crippen LogP contribution in [-0.4, -0.2) is 27.1 Å². The van der Waals surface area contributed by atoms with Crippen molar-refractivity contribution in [3.8, 4) is 0 Å². The molecule has 1 aromatic heterocycles. The van der Waals surface area contributed by atoms with E-state index in [0.29, 0.717) is 0 Å². The third kappa shape index (κ3) is 4.25. The van der Waals surface area contributed by atoms with Crippen LogP contribution < -0.4 is 5.32 Å². The summed E-state index contributed by atoms with van der Waals surface area (Å²) in [5, 5.41) is 11.2. The number of amides is 1. The monoisotopic (exact) mass is 351 g/mol. The van der Waals surface area contributed by atoms with Gasteiger partial charge in [-0.3, -0.25) is 5.32 Å². The predicted molar refractivity (Wildman–Crippen MR) is 76.9 cm³/mol. The summed E-state index contributed by atoms with van der Waals surface area (Å²) in [6.07, 6.45) is 0.473. The molecule has 0 saturated heterocycles. The van der Waals surface area contributed by atoms with Gasteiger partial charge >= 0.3 is 12.1 Å². The third-order valence-electron chi connectivity index (χ3n) is 2.37. The average Bonchev–Trinajstić information content (AvgIpc) is 2.48. The van der Waals surface area contributed by atoms with E-state index in [4.69, 9.17) is 9.84 Å². The number of carbonyl (C=O) groups is 2. The lowest BCUT2D eigenvalue weighted by atomic mass is 10.2. The number of benzene rings is 1. The van der Waals surface area contributed by atoms with Gasteiger partial charge in [0.1, 0.15) is 6.61 Å². The highest BCUT2D eigenvalue weighted by molar-refractivity contribution is 9.10. The van der Waals surface area contributed by atoms with Crippen molar-refractivity contribution < 1.29 is 19.4 Å². The molecular formula is C13H10BrN3O4. The van der Waals surface area contributed by atoms with Crippen molar-refractivity contribution in [1.29, 1.82) is 0 Å². The molecule has 0 aliphatic heterocycles. The molecule has 0 unspecified atom stereocenters. The van der Waals surface area contributed by atoms with E-state index in [1.54, 1.807) is 0 Å². The van der Waals surface area contributed by atoms with Gasteiger partial charge in [0, 0.05) is 6.20 Å². The number of rotatable bonds is 4. The molecule has 0 spiro atoms. The second kappa shape index (κ2) is 6.80. The van der Waals surface area contributed by atoms with Crippen LogP contribution in [0.25, 0.3) is 0 Å². The zero-order chi connectivity index (χ0) is 15.2. The van der Waals surface area contributed by atoms with E-state index in [-0.39, 0.29) is 22.7 Å². The summed E-state index contributed by atoms with van der Waals surface area (Å²) in [7, 11) is 0. The molecular weight excluding hydrogens is 342 g/mol. The van der Waals surface area contributed by atoms with Crippen LogP contribution in [0.1, 0.15) is 16.1 Å². The number of carbonyl (C=O) groups excluding carboxylic acids is 1. The van der Waals surface area contributed by atoms with Crippen molar-refractivity contribution >= 4 is 33.9 Å². The highest BCUT2D eigenvalue weighted by Crippen LogP contribution is 2.15. The minimum absolute atomic E-state index is 0.0923. The number of carboxylic acid groups (broad SMARTS) is 1. The Kier molecular flexibility index (Phi) is 4.83. The smallest absolute Gasteiger partial charge is 0.414 e. The molecule has 1 aromatic carbocycles. The highest BCUT2D eigenvalue weighted by atomic mass is 79.9. The van der Waals surface area contributed by atoms with Crippen LogP contribution in [0, 0.1) is 0 Å². The normalized spacial score (nSPS) is 9.95. The van der Waals surface area contributed by atoms with E-state index in [2.05, 4.69) is 31.2 Å². The number of halogens is 1. The van der Waals surface area contributed by atoms with Gasteiger partial charge in [-0.2, -0.15) is 0 Å². The first kappa shape index (κ1) is 14.9. The Morgan fingerprint density at radius 3 is 2.67 bits per heavy atom. The number of hydrogen-bond acceptors (Lipinski definition) is 5. The summed E-state index contributed by atoms with van der Waals surface area (Å²) >= 11 is 3.01. The lowest BCUT2D eigenvalue weighted by Crippen LogP contribution is -2.17. The predicted octanol–water partition coefficient (Wildman–Crippen LogP) is 2.69. The van der Waals surface area contributed by atoms with E-state index in [1.165, 1.54) is 6.20 Å². The Morgan fingerprint density at radius 1 is 1.29 bits per heavy atom. The topological polar surface area (TPSA) is 101 Å². The van der Waals surface area contributed by atoms with Crippen molar-refractivity contribution in [1.82, 2.24) is 9.97 Å². The van der Waals surface area contributed by atoms with E-state index in [1.807, 2.05) is 30.3 Å². The zero-order valence-electron chi connectivity index (χ0n) is 10.6. The van der Waals surface area contributed by atoms with E-state index in [9.17, 15) is 9.59 Å². The average molecular weight is 352 g/mol. The van der Waals surface area contributed by atoms with Gasteiger partial charge in [-0.25, -0.2) is 19.6 Å². The fourth-order valence-corrected chi connectivity index (χ4v) is 1.79. The summed E-state index contributed by atoms with van der Waals surface area (Å²) in [5.41, 5.74) is 0.582. The summed E-state index contributed by atoms with van der Waals surface area (Å²) < 4.78 is 5.19.